The Hall–Kier alpha value is -3.46. The minimum absolute atomic E-state index is 0.0556. The summed E-state index contributed by atoms with van der Waals surface area (Å²) in [6.45, 7) is 8.52. The van der Waals surface area contributed by atoms with Crippen LogP contribution in [0.2, 0.25) is 0 Å². The van der Waals surface area contributed by atoms with Crippen LogP contribution in [0.25, 0.3) is 11.3 Å². The first-order valence-corrected chi connectivity index (χ1v) is 10.7. The topological polar surface area (TPSA) is 91.6 Å². The summed E-state index contributed by atoms with van der Waals surface area (Å²) in [7, 11) is 1.55. The Morgan fingerprint density at radius 2 is 2.00 bits per heavy atom. The van der Waals surface area contributed by atoms with Gasteiger partial charge in [-0.1, -0.05) is 0 Å². The van der Waals surface area contributed by atoms with Crippen LogP contribution in [0.1, 0.15) is 35.5 Å². The van der Waals surface area contributed by atoms with Crippen LogP contribution in [0.5, 0.6) is 11.6 Å². The van der Waals surface area contributed by atoms with E-state index in [0.717, 1.165) is 34.7 Å². The number of fused-ring (bicyclic) bond motifs is 1. The van der Waals surface area contributed by atoms with E-state index in [2.05, 4.69) is 10.1 Å². The first kappa shape index (κ1) is 21.8. The molecule has 3 aromatic heterocycles. The SMILES string of the molecule is CCOCCOc1cc(-c2cc(C)c3c(n2)CN(c2cnn(CC)c2)C3=O)cnc1OC. The molecule has 0 unspecified atom stereocenters. The smallest absolute Gasteiger partial charge is 0.260 e. The van der Waals surface area contributed by atoms with E-state index in [-0.39, 0.29) is 5.91 Å². The van der Waals surface area contributed by atoms with Crippen molar-refractivity contribution < 1.29 is 19.0 Å². The van der Waals surface area contributed by atoms with E-state index < -0.39 is 0 Å². The first-order chi connectivity index (χ1) is 15.5. The van der Waals surface area contributed by atoms with Gasteiger partial charge >= 0.3 is 0 Å². The fourth-order valence-corrected chi connectivity index (χ4v) is 3.71. The van der Waals surface area contributed by atoms with Crippen molar-refractivity contribution in [1.29, 1.82) is 0 Å². The molecule has 1 aliphatic heterocycles. The fraction of sp³-hybridized carbons (Fsp3) is 0.391. The number of hydrogen-bond donors (Lipinski definition) is 0. The van der Waals surface area contributed by atoms with Crippen molar-refractivity contribution in [2.24, 2.45) is 0 Å². The van der Waals surface area contributed by atoms with Crippen molar-refractivity contribution in [1.82, 2.24) is 19.7 Å². The molecule has 0 aliphatic carbocycles. The van der Waals surface area contributed by atoms with Gasteiger partial charge in [0.2, 0.25) is 0 Å². The van der Waals surface area contributed by atoms with Crippen LogP contribution in [0, 0.1) is 6.92 Å². The highest BCUT2D eigenvalue weighted by Gasteiger charge is 2.32. The summed E-state index contributed by atoms with van der Waals surface area (Å²) in [5.74, 6) is 0.867. The molecule has 4 heterocycles. The van der Waals surface area contributed by atoms with Gasteiger partial charge in [-0.05, 0) is 38.5 Å². The first-order valence-electron chi connectivity index (χ1n) is 10.7. The van der Waals surface area contributed by atoms with E-state index in [9.17, 15) is 4.79 Å². The number of carbonyl (C=O) groups is 1. The highest BCUT2D eigenvalue weighted by Crippen LogP contribution is 2.34. The molecule has 0 N–H and O–H groups in total. The third kappa shape index (κ3) is 4.16. The maximum absolute atomic E-state index is 13.1. The largest absolute Gasteiger partial charge is 0.486 e. The van der Waals surface area contributed by atoms with Crippen LogP contribution in [0.15, 0.2) is 30.7 Å². The Labute approximate surface area is 186 Å². The summed E-state index contributed by atoms with van der Waals surface area (Å²) >= 11 is 0. The lowest BCUT2D eigenvalue weighted by Crippen LogP contribution is -2.22. The molecule has 1 aliphatic rings. The maximum atomic E-state index is 13.1. The molecule has 32 heavy (non-hydrogen) atoms. The average molecular weight is 438 g/mol. The van der Waals surface area contributed by atoms with Crippen molar-refractivity contribution in [3.63, 3.8) is 0 Å². The van der Waals surface area contributed by atoms with E-state index in [1.54, 1.807) is 29.1 Å². The third-order valence-corrected chi connectivity index (χ3v) is 5.31. The standard InChI is InChI=1S/C23H27N5O4/c1-5-27-13-17(12-25-27)28-14-19-21(23(28)29)15(3)9-18(26-19)16-10-20(22(30-4)24-11-16)32-8-7-31-6-2/h9-13H,5-8,14H2,1-4H3. The molecule has 0 saturated heterocycles. The Bertz CT molecular complexity index is 1130. The van der Waals surface area contributed by atoms with Crippen molar-refractivity contribution >= 4 is 11.6 Å². The quantitative estimate of drug-likeness (QED) is 0.475. The monoisotopic (exact) mass is 437 g/mol. The summed E-state index contributed by atoms with van der Waals surface area (Å²) in [4.78, 5) is 23.9. The Kier molecular flexibility index (Phi) is 6.36. The zero-order chi connectivity index (χ0) is 22.7. The summed E-state index contributed by atoms with van der Waals surface area (Å²) in [6, 6.07) is 3.76. The van der Waals surface area contributed by atoms with Crippen molar-refractivity contribution in [3.8, 4) is 22.9 Å². The van der Waals surface area contributed by atoms with E-state index in [0.29, 0.717) is 43.6 Å². The van der Waals surface area contributed by atoms with Crippen LogP contribution >= 0.6 is 0 Å². The van der Waals surface area contributed by atoms with Crippen molar-refractivity contribution in [2.45, 2.75) is 33.9 Å². The highest BCUT2D eigenvalue weighted by atomic mass is 16.5. The molecule has 168 valence electrons. The van der Waals surface area contributed by atoms with Gasteiger partial charge in [0, 0.05) is 31.1 Å². The Balaban J connectivity index is 1.62. The van der Waals surface area contributed by atoms with Crippen LogP contribution in [-0.2, 0) is 17.8 Å². The van der Waals surface area contributed by atoms with Crippen molar-refractivity contribution in [2.75, 3.05) is 31.8 Å². The lowest BCUT2D eigenvalue weighted by molar-refractivity contribution is 0.0996. The number of nitrogens with zero attached hydrogens (tertiary/aromatic N) is 5. The fourth-order valence-electron chi connectivity index (χ4n) is 3.71. The van der Waals surface area contributed by atoms with Gasteiger partial charge in [0.1, 0.15) is 6.61 Å². The van der Waals surface area contributed by atoms with E-state index >= 15 is 0 Å². The van der Waals surface area contributed by atoms with Crippen LogP contribution in [-0.4, -0.2) is 52.6 Å². The number of anilines is 1. The average Bonchev–Trinajstić information content (AvgIpc) is 3.41. The third-order valence-electron chi connectivity index (χ3n) is 5.31. The van der Waals surface area contributed by atoms with Crippen LogP contribution < -0.4 is 14.4 Å². The predicted octanol–water partition coefficient (Wildman–Crippen LogP) is 3.25. The number of hydrogen-bond acceptors (Lipinski definition) is 7. The van der Waals surface area contributed by atoms with Crippen LogP contribution in [0.3, 0.4) is 0 Å². The lowest BCUT2D eigenvalue weighted by Gasteiger charge is -2.12. The number of ether oxygens (including phenoxy) is 3. The second kappa shape index (κ2) is 9.35. The molecule has 9 nitrogen and oxygen atoms in total. The second-order valence-electron chi connectivity index (χ2n) is 7.37. The molecule has 4 rings (SSSR count). The summed E-state index contributed by atoms with van der Waals surface area (Å²) in [5.41, 5.74) is 4.54. The van der Waals surface area contributed by atoms with Gasteiger partial charge in [-0.2, -0.15) is 5.10 Å². The molecule has 0 spiro atoms. The van der Waals surface area contributed by atoms with Gasteiger partial charge in [-0.15, -0.1) is 0 Å². The van der Waals surface area contributed by atoms with Gasteiger partial charge in [-0.25, -0.2) is 4.98 Å². The molecular weight excluding hydrogens is 410 g/mol. The van der Waals surface area contributed by atoms with Gasteiger partial charge in [0.25, 0.3) is 11.8 Å². The number of amides is 1. The summed E-state index contributed by atoms with van der Waals surface area (Å²) < 4.78 is 18.3. The van der Waals surface area contributed by atoms with E-state index in [1.165, 1.54) is 0 Å². The molecule has 0 atom stereocenters. The molecule has 0 radical (unpaired) electrons. The zero-order valence-electron chi connectivity index (χ0n) is 18.8. The number of aromatic nitrogens is 4. The number of carbonyl (C=O) groups excluding carboxylic acids is 1. The van der Waals surface area contributed by atoms with Gasteiger partial charge in [0.15, 0.2) is 5.75 Å². The van der Waals surface area contributed by atoms with Gasteiger partial charge in [-0.3, -0.25) is 19.4 Å². The molecular formula is C23H27N5O4. The Morgan fingerprint density at radius 3 is 2.72 bits per heavy atom. The maximum Gasteiger partial charge on any atom is 0.260 e. The predicted molar refractivity (Wildman–Crippen MR) is 119 cm³/mol. The molecule has 0 bridgehead atoms. The Morgan fingerprint density at radius 1 is 1.16 bits per heavy atom. The van der Waals surface area contributed by atoms with Gasteiger partial charge < -0.3 is 14.2 Å². The zero-order valence-corrected chi connectivity index (χ0v) is 18.8. The molecule has 0 fully saturated rings. The normalized spacial score (nSPS) is 12.9. The molecule has 1 amide bonds. The summed E-state index contributed by atoms with van der Waals surface area (Å²) in [6.07, 6.45) is 5.28. The molecule has 0 saturated carbocycles. The minimum atomic E-state index is -0.0556. The van der Waals surface area contributed by atoms with Crippen LogP contribution in [0.4, 0.5) is 5.69 Å². The number of pyridine rings is 2. The second-order valence-corrected chi connectivity index (χ2v) is 7.37. The number of methoxy groups -OCH3 is 1. The van der Waals surface area contributed by atoms with Gasteiger partial charge in [0.05, 0.1) is 49.1 Å². The number of rotatable bonds is 9. The van der Waals surface area contributed by atoms with Crippen molar-refractivity contribution in [3.05, 3.63) is 47.5 Å². The van der Waals surface area contributed by atoms with E-state index in [4.69, 9.17) is 19.2 Å². The minimum Gasteiger partial charge on any atom is -0.486 e. The van der Waals surface area contributed by atoms with E-state index in [1.807, 2.05) is 39.1 Å². The number of aryl methyl sites for hydroxylation is 2. The lowest BCUT2D eigenvalue weighted by atomic mass is 10.0. The molecule has 9 heteroatoms. The molecule has 0 aromatic carbocycles. The summed E-state index contributed by atoms with van der Waals surface area (Å²) in [5, 5.41) is 4.29. The highest BCUT2D eigenvalue weighted by molar-refractivity contribution is 6.10. The molecule has 3 aromatic rings.